The summed E-state index contributed by atoms with van der Waals surface area (Å²) in [6, 6.07) is 13.4. The zero-order valence-corrected chi connectivity index (χ0v) is 16.4. The van der Waals surface area contributed by atoms with E-state index in [2.05, 4.69) is 27.8 Å². The fraction of sp³-hybridized carbons (Fsp3) is 0.316. The smallest absolute Gasteiger partial charge is 0.306 e. The molecule has 8 nitrogen and oxygen atoms in total. The third kappa shape index (κ3) is 6.66. The van der Waals surface area contributed by atoms with Crippen LogP contribution < -0.4 is 4.90 Å². The summed E-state index contributed by atoms with van der Waals surface area (Å²) in [5.74, 6) is 0.236. The molecule has 0 aliphatic heterocycles. The summed E-state index contributed by atoms with van der Waals surface area (Å²) in [6.45, 7) is 3.71. The average Bonchev–Trinajstić information content (AvgIpc) is 2.71. The lowest BCUT2D eigenvalue weighted by atomic mass is 10.2. The summed E-state index contributed by atoms with van der Waals surface area (Å²) < 4.78 is 5.17. The number of nitro benzene ring substituents is 1. The number of ether oxygens (including phenoxy) is 1. The number of nitro groups is 1. The molecule has 0 bridgehead atoms. The quantitative estimate of drug-likeness (QED) is 0.204. The van der Waals surface area contributed by atoms with Gasteiger partial charge in [-0.3, -0.25) is 14.9 Å². The highest BCUT2D eigenvalue weighted by atomic mass is 32.1. The van der Waals surface area contributed by atoms with Gasteiger partial charge < -0.3 is 9.64 Å². The minimum absolute atomic E-state index is 0.0132. The van der Waals surface area contributed by atoms with Crippen LogP contribution in [0.25, 0.3) is 0 Å². The van der Waals surface area contributed by atoms with Gasteiger partial charge in [-0.25, -0.2) is 0 Å². The van der Waals surface area contributed by atoms with Crippen molar-refractivity contribution in [3.63, 3.8) is 0 Å². The molecule has 0 fully saturated rings. The van der Waals surface area contributed by atoms with Crippen molar-refractivity contribution >= 4 is 41.3 Å². The lowest BCUT2D eigenvalue weighted by Crippen LogP contribution is -2.27. The van der Waals surface area contributed by atoms with E-state index < -0.39 is 4.92 Å². The topological polar surface area (TPSA) is 97.4 Å². The van der Waals surface area contributed by atoms with E-state index >= 15 is 0 Å². The monoisotopic (exact) mass is 402 g/mol. The zero-order chi connectivity index (χ0) is 20.4. The highest BCUT2D eigenvalue weighted by Gasteiger charge is 2.07. The van der Waals surface area contributed by atoms with Crippen molar-refractivity contribution in [1.82, 2.24) is 0 Å². The molecule has 0 spiro atoms. The number of hydrogen-bond donors (Lipinski definition) is 1. The Morgan fingerprint density at radius 1 is 1.11 bits per heavy atom. The minimum Gasteiger partial charge on any atom is -0.464 e. The van der Waals surface area contributed by atoms with Crippen LogP contribution in [0.3, 0.4) is 0 Å². The first-order valence-corrected chi connectivity index (χ1v) is 9.44. The van der Waals surface area contributed by atoms with Crippen molar-refractivity contribution < 1.29 is 14.5 Å². The SMILES string of the molecule is CCN(CCOC(=O)CCS)c1ccc(N=Nc2ccc([N+](=O)[O-])cc2)cc1. The van der Waals surface area contributed by atoms with E-state index in [0.717, 1.165) is 12.2 Å². The molecule has 0 atom stereocenters. The fourth-order valence-electron chi connectivity index (χ4n) is 2.39. The number of non-ortho nitro benzene ring substituents is 1. The predicted octanol–water partition coefficient (Wildman–Crippen LogP) is 4.70. The van der Waals surface area contributed by atoms with Crippen LogP contribution in [-0.4, -0.2) is 36.3 Å². The Morgan fingerprint density at radius 2 is 1.68 bits per heavy atom. The van der Waals surface area contributed by atoms with Gasteiger partial charge in [0.05, 0.1) is 29.3 Å². The van der Waals surface area contributed by atoms with E-state index in [-0.39, 0.29) is 11.7 Å². The van der Waals surface area contributed by atoms with Crippen molar-refractivity contribution in [3.8, 4) is 0 Å². The molecule has 0 amide bonds. The van der Waals surface area contributed by atoms with Crippen molar-refractivity contribution in [3.05, 3.63) is 58.6 Å². The van der Waals surface area contributed by atoms with Crippen LogP contribution in [0.1, 0.15) is 13.3 Å². The number of carbonyl (C=O) groups excluding carboxylic acids is 1. The molecule has 0 N–H and O–H groups in total. The molecule has 9 heteroatoms. The summed E-state index contributed by atoms with van der Waals surface area (Å²) in [5.41, 5.74) is 2.20. The van der Waals surface area contributed by atoms with Gasteiger partial charge in [0.1, 0.15) is 6.61 Å². The molecule has 0 radical (unpaired) electrons. The van der Waals surface area contributed by atoms with Gasteiger partial charge in [-0.2, -0.15) is 22.9 Å². The van der Waals surface area contributed by atoms with Crippen molar-refractivity contribution in [1.29, 1.82) is 0 Å². The van der Waals surface area contributed by atoms with Crippen LogP contribution in [0.4, 0.5) is 22.7 Å². The van der Waals surface area contributed by atoms with Crippen LogP contribution in [-0.2, 0) is 9.53 Å². The maximum atomic E-state index is 11.4. The summed E-state index contributed by atoms with van der Waals surface area (Å²) in [6.07, 6.45) is 0.309. The largest absolute Gasteiger partial charge is 0.464 e. The normalized spacial score (nSPS) is 10.8. The molecular formula is C19H22N4O4S. The van der Waals surface area contributed by atoms with Crippen molar-refractivity contribution in [2.75, 3.05) is 30.3 Å². The number of nitrogens with zero attached hydrogens (tertiary/aromatic N) is 4. The van der Waals surface area contributed by atoms with Gasteiger partial charge in [-0.05, 0) is 43.3 Å². The van der Waals surface area contributed by atoms with Gasteiger partial charge >= 0.3 is 5.97 Å². The number of benzene rings is 2. The lowest BCUT2D eigenvalue weighted by molar-refractivity contribution is -0.384. The number of anilines is 1. The van der Waals surface area contributed by atoms with Crippen LogP contribution in [0.5, 0.6) is 0 Å². The van der Waals surface area contributed by atoms with Gasteiger partial charge in [0.25, 0.3) is 5.69 Å². The molecule has 0 heterocycles. The van der Waals surface area contributed by atoms with Gasteiger partial charge in [-0.15, -0.1) is 0 Å². The number of esters is 1. The molecule has 28 heavy (non-hydrogen) atoms. The van der Waals surface area contributed by atoms with Crippen LogP contribution in [0, 0.1) is 10.1 Å². The second-order valence-corrected chi connectivity index (χ2v) is 6.21. The third-order valence-electron chi connectivity index (χ3n) is 3.88. The summed E-state index contributed by atoms with van der Waals surface area (Å²) >= 11 is 4.01. The third-order valence-corrected chi connectivity index (χ3v) is 4.10. The number of azo groups is 1. The lowest BCUT2D eigenvalue weighted by Gasteiger charge is -2.22. The number of thiol groups is 1. The van der Waals surface area contributed by atoms with Gasteiger partial charge in [0.2, 0.25) is 0 Å². The maximum absolute atomic E-state index is 11.4. The first kappa shape index (κ1) is 21.4. The average molecular weight is 402 g/mol. The second kappa shape index (κ2) is 11.0. The summed E-state index contributed by atoms with van der Waals surface area (Å²) in [4.78, 5) is 23.7. The maximum Gasteiger partial charge on any atom is 0.306 e. The molecular weight excluding hydrogens is 380 g/mol. The zero-order valence-electron chi connectivity index (χ0n) is 15.5. The predicted molar refractivity (Wildman–Crippen MR) is 111 cm³/mol. The Labute approximate surface area is 168 Å². The van der Waals surface area contributed by atoms with Gasteiger partial charge in [0, 0.05) is 30.1 Å². The molecule has 0 unspecified atom stereocenters. The molecule has 148 valence electrons. The standard InChI is InChI=1S/C19H22N4O4S/c1-2-22(12-13-27-19(24)11-14-28)17-7-3-15(4-8-17)20-21-16-5-9-18(10-6-16)23(25)26/h3-10,28H,2,11-14H2,1H3. The number of carbonyl (C=O) groups is 1. The Bertz CT molecular complexity index is 810. The van der Waals surface area contributed by atoms with Crippen LogP contribution in [0.2, 0.25) is 0 Å². The molecule has 0 aliphatic rings. The second-order valence-electron chi connectivity index (χ2n) is 5.76. The molecule has 0 aromatic heterocycles. The number of rotatable bonds is 10. The first-order valence-electron chi connectivity index (χ1n) is 8.81. The van der Waals surface area contributed by atoms with E-state index in [4.69, 9.17) is 4.74 Å². The Morgan fingerprint density at radius 3 is 2.18 bits per heavy atom. The van der Waals surface area contributed by atoms with Crippen molar-refractivity contribution in [2.24, 2.45) is 10.2 Å². The minimum atomic E-state index is -0.458. The summed E-state index contributed by atoms with van der Waals surface area (Å²) in [7, 11) is 0. The molecule has 0 saturated heterocycles. The number of likely N-dealkylation sites (N-methyl/N-ethyl adjacent to an activating group) is 1. The highest BCUT2D eigenvalue weighted by molar-refractivity contribution is 7.80. The Hall–Kier alpha value is -2.94. The first-order chi connectivity index (χ1) is 13.5. The van der Waals surface area contributed by atoms with Gasteiger partial charge in [0.15, 0.2) is 0 Å². The highest BCUT2D eigenvalue weighted by Crippen LogP contribution is 2.23. The van der Waals surface area contributed by atoms with Crippen molar-refractivity contribution in [2.45, 2.75) is 13.3 Å². The number of hydrogen-bond acceptors (Lipinski definition) is 8. The van der Waals surface area contributed by atoms with E-state index in [1.807, 2.05) is 31.2 Å². The summed E-state index contributed by atoms with van der Waals surface area (Å²) in [5, 5.41) is 18.9. The van der Waals surface area contributed by atoms with Gasteiger partial charge in [-0.1, -0.05) is 0 Å². The van der Waals surface area contributed by atoms with Crippen LogP contribution in [0.15, 0.2) is 58.8 Å². The van der Waals surface area contributed by atoms with E-state index in [0.29, 0.717) is 36.7 Å². The molecule has 2 aromatic carbocycles. The molecule has 0 saturated carbocycles. The van der Waals surface area contributed by atoms with E-state index in [1.54, 1.807) is 12.1 Å². The Balaban J connectivity index is 1.93. The fourth-order valence-corrected chi connectivity index (χ4v) is 2.57. The molecule has 2 rings (SSSR count). The van der Waals surface area contributed by atoms with Crippen LogP contribution >= 0.6 is 12.6 Å². The Kier molecular flexibility index (Phi) is 8.41. The molecule has 2 aromatic rings. The van der Waals surface area contributed by atoms with E-state index in [9.17, 15) is 14.9 Å². The molecule has 0 aliphatic carbocycles. The van der Waals surface area contributed by atoms with E-state index in [1.165, 1.54) is 12.1 Å².